The first-order chi connectivity index (χ1) is 11.2. The van der Waals surface area contributed by atoms with Crippen molar-refractivity contribution < 1.29 is 18.7 Å². The topological polar surface area (TPSA) is 45.2 Å². The molecule has 3 fully saturated rings. The van der Waals surface area contributed by atoms with E-state index in [1.807, 2.05) is 0 Å². The summed E-state index contributed by atoms with van der Waals surface area (Å²) < 4.78 is 24.6. The average molecular weight is 321 g/mol. The lowest BCUT2D eigenvalue weighted by Crippen LogP contribution is -2.56. The summed E-state index contributed by atoms with van der Waals surface area (Å²) in [6.45, 7) is 5.91. The zero-order valence-corrected chi connectivity index (χ0v) is 12.9. The number of carbonyl (C=O) groups excluding carboxylic acids is 1. The summed E-state index contributed by atoms with van der Waals surface area (Å²) >= 11 is 0. The van der Waals surface area contributed by atoms with Crippen molar-refractivity contribution in [3.8, 4) is 0 Å². The number of cyclic esters (lactones) is 1. The van der Waals surface area contributed by atoms with Crippen molar-refractivity contribution in [2.75, 3.05) is 62.3 Å². The summed E-state index contributed by atoms with van der Waals surface area (Å²) in [4.78, 5) is 17.5. The summed E-state index contributed by atoms with van der Waals surface area (Å²) in [6.07, 6.45) is -0.409. The van der Waals surface area contributed by atoms with E-state index in [0.29, 0.717) is 30.6 Å². The lowest BCUT2D eigenvalue weighted by molar-refractivity contribution is -0.0660. The number of nitrogens with zero attached hydrogens (tertiary/aromatic N) is 3. The molecule has 3 saturated heterocycles. The minimum atomic E-state index is -0.409. The van der Waals surface area contributed by atoms with Crippen LogP contribution in [0.2, 0.25) is 0 Å². The Morgan fingerprint density at radius 1 is 1.09 bits per heavy atom. The van der Waals surface area contributed by atoms with Crippen LogP contribution in [-0.4, -0.2) is 69.6 Å². The highest BCUT2D eigenvalue weighted by Crippen LogP contribution is 2.28. The van der Waals surface area contributed by atoms with Gasteiger partial charge in [0.2, 0.25) is 0 Å². The number of hydrogen-bond acceptors (Lipinski definition) is 5. The van der Waals surface area contributed by atoms with Crippen LogP contribution < -0.4 is 9.80 Å². The molecule has 0 N–H and O–H groups in total. The van der Waals surface area contributed by atoms with E-state index in [1.54, 1.807) is 12.1 Å². The molecule has 0 aromatic heterocycles. The molecule has 6 nitrogen and oxygen atoms in total. The van der Waals surface area contributed by atoms with Gasteiger partial charge in [0.1, 0.15) is 12.4 Å². The van der Waals surface area contributed by atoms with Crippen molar-refractivity contribution in [3.63, 3.8) is 0 Å². The Hall–Kier alpha value is -1.86. The maximum Gasteiger partial charge on any atom is 0.414 e. The summed E-state index contributed by atoms with van der Waals surface area (Å²) in [5.74, 6) is -0.289. The Bertz CT molecular complexity index is 600. The molecule has 1 aromatic carbocycles. The van der Waals surface area contributed by atoms with E-state index < -0.39 is 6.09 Å². The van der Waals surface area contributed by atoms with Crippen LogP contribution in [0.5, 0.6) is 0 Å². The van der Waals surface area contributed by atoms with Gasteiger partial charge in [0.25, 0.3) is 0 Å². The van der Waals surface area contributed by atoms with Crippen molar-refractivity contribution in [2.24, 2.45) is 0 Å². The van der Waals surface area contributed by atoms with Crippen molar-refractivity contribution >= 4 is 17.5 Å². The van der Waals surface area contributed by atoms with Crippen LogP contribution in [0.1, 0.15) is 0 Å². The number of anilines is 2. The molecule has 0 aliphatic carbocycles. The van der Waals surface area contributed by atoms with E-state index in [1.165, 1.54) is 11.0 Å². The van der Waals surface area contributed by atoms with Crippen molar-refractivity contribution in [1.29, 1.82) is 0 Å². The highest BCUT2D eigenvalue weighted by Gasteiger charge is 2.30. The Balaban J connectivity index is 1.44. The molecule has 124 valence electrons. The Kier molecular flexibility index (Phi) is 3.82. The van der Waals surface area contributed by atoms with Crippen molar-refractivity contribution in [1.82, 2.24) is 4.90 Å². The van der Waals surface area contributed by atoms with Gasteiger partial charge in [-0.1, -0.05) is 0 Å². The molecule has 0 unspecified atom stereocenters. The molecular formula is C16H20FN3O3. The third-order valence-electron chi connectivity index (χ3n) is 4.80. The molecule has 4 rings (SSSR count). The number of carbonyl (C=O) groups is 1. The lowest BCUT2D eigenvalue weighted by atomic mass is 10.1. The quantitative estimate of drug-likeness (QED) is 0.840. The fourth-order valence-electron chi connectivity index (χ4n) is 3.31. The second kappa shape index (κ2) is 5.98. The maximum atomic E-state index is 14.5. The number of ether oxygens (including phenoxy) is 2. The smallest absolute Gasteiger partial charge is 0.414 e. The standard InChI is InChI=1S/C16H20FN3O3/c17-14-9-12(20-7-8-23-16(20)21)1-2-15(14)19-5-3-18(4-6-19)13-10-22-11-13/h1-2,9,13H,3-8,10-11H2. The fourth-order valence-corrected chi connectivity index (χ4v) is 3.31. The van der Waals surface area contributed by atoms with Crippen LogP contribution in [0.3, 0.4) is 0 Å². The molecular weight excluding hydrogens is 301 g/mol. The molecule has 0 spiro atoms. The maximum absolute atomic E-state index is 14.5. The van der Waals surface area contributed by atoms with Crippen LogP contribution in [0.4, 0.5) is 20.6 Å². The Morgan fingerprint density at radius 3 is 2.43 bits per heavy atom. The van der Waals surface area contributed by atoms with Crippen LogP contribution in [-0.2, 0) is 9.47 Å². The van der Waals surface area contributed by atoms with Gasteiger partial charge >= 0.3 is 6.09 Å². The highest BCUT2D eigenvalue weighted by molar-refractivity contribution is 5.89. The van der Waals surface area contributed by atoms with Crippen LogP contribution in [0.25, 0.3) is 0 Å². The van der Waals surface area contributed by atoms with Crippen molar-refractivity contribution in [2.45, 2.75) is 6.04 Å². The van der Waals surface area contributed by atoms with Gasteiger partial charge in [-0.15, -0.1) is 0 Å². The van der Waals surface area contributed by atoms with Crippen LogP contribution in [0, 0.1) is 5.82 Å². The normalized spacial score (nSPS) is 23.1. The number of halogens is 1. The van der Waals surface area contributed by atoms with E-state index >= 15 is 0 Å². The first kappa shape index (κ1) is 14.7. The molecule has 0 bridgehead atoms. The molecule has 0 radical (unpaired) electrons. The van der Waals surface area contributed by atoms with Gasteiger partial charge in [0.15, 0.2) is 0 Å². The average Bonchev–Trinajstić information content (AvgIpc) is 2.93. The highest BCUT2D eigenvalue weighted by atomic mass is 19.1. The molecule has 1 aromatic rings. The van der Waals surface area contributed by atoms with Crippen LogP contribution in [0.15, 0.2) is 18.2 Å². The number of benzene rings is 1. The predicted molar refractivity (Wildman–Crippen MR) is 83.5 cm³/mol. The zero-order valence-electron chi connectivity index (χ0n) is 12.9. The van der Waals surface area contributed by atoms with E-state index in [0.717, 1.165) is 39.4 Å². The molecule has 0 saturated carbocycles. The lowest BCUT2D eigenvalue weighted by Gasteiger charge is -2.43. The van der Waals surface area contributed by atoms with E-state index in [2.05, 4.69) is 9.80 Å². The van der Waals surface area contributed by atoms with Gasteiger partial charge in [0, 0.05) is 26.2 Å². The summed E-state index contributed by atoms with van der Waals surface area (Å²) in [7, 11) is 0. The molecule has 3 aliphatic heterocycles. The minimum absolute atomic E-state index is 0.289. The third-order valence-corrected chi connectivity index (χ3v) is 4.80. The van der Waals surface area contributed by atoms with E-state index in [4.69, 9.17) is 9.47 Å². The summed E-state index contributed by atoms with van der Waals surface area (Å²) in [5.41, 5.74) is 1.16. The summed E-state index contributed by atoms with van der Waals surface area (Å²) in [6, 6.07) is 5.51. The number of piperazine rings is 1. The largest absolute Gasteiger partial charge is 0.447 e. The van der Waals surface area contributed by atoms with Gasteiger partial charge < -0.3 is 14.4 Å². The second-order valence-electron chi connectivity index (χ2n) is 6.12. The number of rotatable bonds is 3. The van der Waals surface area contributed by atoms with E-state index in [-0.39, 0.29) is 5.82 Å². The fraction of sp³-hybridized carbons (Fsp3) is 0.562. The molecule has 0 atom stereocenters. The van der Waals surface area contributed by atoms with Gasteiger partial charge in [-0.3, -0.25) is 9.80 Å². The molecule has 1 amide bonds. The summed E-state index contributed by atoms with van der Waals surface area (Å²) in [5, 5.41) is 0. The molecule has 3 aliphatic rings. The second-order valence-corrected chi connectivity index (χ2v) is 6.12. The van der Waals surface area contributed by atoms with Gasteiger partial charge in [-0.25, -0.2) is 9.18 Å². The number of hydrogen-bond donors (Lipinski definition) is 0. The predicted octanol–water partition coefficient (Wildman–Crippen LogP) is 1.30. The monoisotopic (exact) mass is 321 g/mol. The first-order valence-corrected chi connectivity index (χ1v) is 8.03. The van der Waals surface area contributed by atoms with Gasteiger partial charge in [-0.2, -0.15) is 0 Å². The Morgan fingerprint density at radius 2 is 1.87 bits per heavy atom. The zero-order chi connectivity index (χ0) is 15.8. The van der Waals surface area contributed by atoms with Gasteiger partial charge in [0.05, 0.1) is 37.2 Å². The molecule has 3 heterocycles. The molecule has 23 heavy (non-hydrogen) atoms. The Labute approximate surface area is 134 Å². The van der Waals surface area contributed by atoms with E-state index in [9.17, 15) is 9.18 Å². The molecule has 7 heteroatoms. The van der Waals surface area contributed by atoms with Crippen LogP contribution >= 0.6 is 0 Å². The van der Waals surface area contributed by atoms with Crippen molar-refractivity contribution in [3.05, 3.63) is 24.0 Å². The number of amides is 1. The third kappa shape index (κ3) is 2.74. The van der Waals surface area contributed by atoms with Gasteiger partial charge in [-0.05, 0) is 18.2 Å². The minimum Gasteiger partial charge on any atom is -0.447 e. The first-order valence-electron chi connectivity index (χ1n) is 8.03. The SMILES string of the molecule is O=C1OCCN1c1ccc(N2CCN(C3COC3)CC2)c(F)c1.